The van der Waals surface area contributed by atoms with Crippen molar-refractivity contribution in [2.75, 3.05) is 32.4 Å². The number of piperazine rings is 1. The zero-order chi connectivity index (χ0) is 19.6. The summed E-state index contributed by atoms with van der Waals surface area (Å²) < 4.78 is 29.1. The summed E-state index contributed by atoms with van der Waals surface area (Å²) in [6.07, 6.45) is 3.03. The predicted octanol–water partition coefficient (Wildman–Crippen LogP) is 2.46. The highest BCUT2D eigenvalue weighted by Crippen LogP contribution is 2.21. The standard InChI is InChI=1S/C17H22ClN5O2S2/c1-3-8-22-16(14-4-6-15(18)7-5-14)19-23(17(22)26)13-20-9-11-21(12-10-20)27(2,24)25/h3-7H,1,8-13H2,2H3. The number of benzene rings is 1. The summed E-state index contributed by atoms with van der Waals surface area (Å²) in [6, 6.07) is 7.46. The number of sulfonamides is 1. The normalized spacial score (nSPS) is 16.5. The Morgan fingerprint density at radius 1 is 1.22 bits per heavy atom. The Morgan fingerprint density at radius 3 is 2.41 bits per heavy atom. The van der Waals surface area contributed by atoms with Gasteiger partial charge in [-0.2, -0.15) is 9.40 Å². The zero-order valence-corrected chi connectivity index (χ0v) is 17.5. The van der Waals surface area contributed by atoms with Crippen molar-refractivity contribution in [1.82, 2.24) is 23.6 Å². The molecule has 0 bridgehead atoms. The molecular formula is C17H22ClN5O2S2. The van der Waals surface area contributed by atoms with Crippen LogP contribution >= 0.6 is 23.8 Å². The number of rotatable bonds is 6. The molecule has 0 spiro atoms. The Kier molecular flexibility index (Phi) is 6.17. The first-order valence-electron chi connectivity index (χ1n) is 8.51. The minimum absolute atomic E-state index is 0.476. The quantitative estimate of drug-likeness (QED) is 0.523. The van der Waals surface area contributed by atoms with E-state index < -0.39 is 10.0 Å². The van der Waals surface area contributed by atoms with Gasteiger partial charge in [-0.3, -0.25) is 9.47 Å². The molecule has 1 aromatic heterocycles. The van der Waals surface area contributed by atoms with Crippen molar-refractivity contribution >= 4 is 33.8 Å². The lowest BCUT2D eigenvalue weighted by Gasteiger charge is -2.32. The molecule has 2 heterocycles. The zero-order valence-electron chi connectivity index (χ0n) is 15.1. The van der Waals surface area contributed by atoms with Crippen LogP contribution in [0.1, 0.15) is 0 Å². The summed E-state index contributed by atoms with van der Waals surface area (Å²) in [6.45, 7) is 7.10. The van der Waals surface area contributed by atoms with E-state index in [4.69, 9.17) is 28.9 Å². The minimum Gasteiger partial charge on any atom is -0.296 e. The fraction of sp³-hybridized carbons (Fsp3) is 0.412. The number of allylic oxidation sites excluding steroid dienone is 1. The van der Waals surface area contributed by atoms with E-state index in [0.29, 0.717) is 49.2 Å². The molecule has 1 aliphatic rings. The third-order valence-corrected chi connectivity index (χ3v) is 6.46. The van der Waals surface area contributed by atoms with Gasteiger partial charge in [0.05, 0.1) is 12.9 Å². The monoisotopic (exact) mass is 427 g/mol. The van der Waals surface area contributed by atoms with E-state index in [-0.39, 0.29) is 0 Å². The first kappa shape index (κ1) is 20.2. The van der Waals surface area contributed by atoms with E-state index in [1.165, 1.54) is 10.6 Å². The molecule has 1 saturated heterocycles. The largest absolute Gasteiger partial charge is 0.296 e. The van der Waals surface area contributed by atoms with Crippen LogP contribution < -0.4 is 0 Å². The van der Waals surface area contributed by atoms with Crippen molar-refractivity contribution in [2.45, 2.75) is 13.2 Å². The van der Waals surface area contributed by atoms with E-state index in [9.17, 15) is 8.42 Å². The maximum atomic E-state index is 11.7. The molecule has 2 aromatic rings. The fourth-order valence-corrected chi connectivity index (χ4v) is 4.24. The predicted molar refractivity (Wildman–Crippen MR) is 110 cm³/mol. The maximum Gasteiger partial charge on any atom is 0.211 e. The van der Waals surface area contributed by atoms with Crippen molar-refractivity contribution < 1.29 is 8.42 Å². The van der Waals surface area contributed by atoms with Gasteiger partial charge >= 0.3 is 0 Å². The number of aromatic nitrogens is 3. The molecule has 1 aliphatic heterocycles. The molecule has 0 unspecified atom stereocenters. The molecule has 146 valence electrons. The Morgan fingerprint density at radius 2 is 1.85 bits per heavy atom. The molecule has 0 amide bonds. The van der Waals surface area contributed by atoms with Crippen molar-refractivity contribution in [3.63, 3.8) is 0 Å². The van der Waals surface area contributed by atoms with Crippen LogP contribution in [0.25, 0.3) is 11.4 Å². The Bertz CT molecular complexity index is 974. The smallest absolute Gasteiger partial charge is 0.211 e. The Balaban J connectivity index is 1.82. The highest BCUT2D eigenvalue weighted by atomic mass is 35.5. The SMILES string of the molecule is C=CCn1c(-c2ccc(Cl)cc2)nn(CN2CCN(S(C)(=O)=O)CC2)c1=S. The molecule has 0 atom stereocenters. The van der Waals surface area contributed by atoms with Gasteiger partial charge in [0.1, 0.15) is 0 Å². The van der Waals surface area contributed by atoms with Gasteiger partial charge in [-0.25, -0.2) is 13.1 Å². The molecule has 0 radical (unpaired) electrons. The number of hydrogen-bond donors (Lipinski definition) is 0. The maximum absolute atomic E-state index is 11.7. The number of hydrogen-bond acceptors (Lipinski definition) is 5. The average Bonchev–Trinajstić information content (AvgIpc) is 2.92. The fourth-order valence-electron chi connectivity index (χ4n) is 3.03. The van der Waals surface area contributed by atoms with Gasteiger partial charge in [-0.05, 0) is 36.5 Å². The minimum atomic E-state index is -3.14. The molecule has 27 heavy (non-hydrogen) atoms. The summed E-state index contributed by atoms with van der Waals surface area (Å²) >= 11 is 11.6. The lowest BCUT2D eigenvalue weighted by molar-refractivity contribution is 0.145. The van der Waals surface area contributed by atoms with Crippen molar-refractivity contribution in [2.24, 2.45) is 0 Å². The van der Waals surface area contributed by atoms with E-state index in [0.717, 1.165) is 11.4 Å². The average molecular weight is 428 g/mol. The van der Waals surface area contributed by atoms with E-state index in [2.05, 4.69) is 11.5 Å². The molecule has 7 nitrogen and oxygen atoms in total. The topological polar surface area (TPSA) is 63.4 Å². The second-order valence-corrected chi connectivity index (χ2v) is 9.22. The first-order chi connectivity index (χ1) is 12.8. The van der Waals surface area contributed by atoms with Crippen molar-refractivity contribution in [1.29, 1.82) is 0 Å². The van der Waals surface area contributed by atoms with Gasteiger partial charge in [-0.1, -0.05) is 17.7 Å². The van der Waals surface area contributed by atoms with Crippen LogP contribution in [-0.4, -0.2) is 64.4 Å². The molecule has 1 fully saturated rings. The summed E-state index contributed by atoms with van der Waals surface area (Å²) in [5.41, 5.74) is 0.924. The lowest BCUT2D eigenvalue weighted by Crippen LogP contribution is -2.48. The Labute approximate surface area is 169 Å². The molecule has 0 saturated carbocycles. The molecule has 0 N–H and O–H groups in total. The van der Waals surface area contributed by atoms with Crippen LogP contribution in [0.4, 0.5) is 0 Å². The highest BCUT2D eigenvalue weighted by Gasteiger charge is 2.24. The molecule has 3 rings (SSSR count). The molecular weight excluding hydrogens is 406 g/mol. The third kappa shape index (κ3) is 4.67. The van der Waals surface area contributed by atoms with Crippen LogP contribution in [-0.2, 0) is 23.2 Å². The molecule has 10 heteroatoms. The van der Waals surface area contributed by atoms with Crippen LogP contribution in [0, 0.1) is 4.77 Å². The number of halogens is 1. The van der Waals surface area contributed by atoms with Gasteiger partial charge in [0, 0.05) is 43.3 Å². The first-order valence-corrected chi connectivity index (χ1v) is 11.1. The second-order valence-electron chi connectivity index (χ2n) is 6.43. The highest BCUT2D eigenvalue weighted by molar-refractivity contribution is 7.88. The molecule has 1 aromatic carbocycles. The summed E-state index contributed by atoms with van der Waals surface area (Å²) in [4.78, 5) is 2.15. The van der Waals surface area contributed by atoms with Crippen LogP contribution in [0.15, 0.2) is 36.9 Å². The summed E-state index contributed by atoms with van der Waals surface area (Å²) in [5.74, 6) is 0.756. The van der Waals surface area contributed by atoms with E-state index >= 15 is 0 Å². The van der Waals surface area contributed by atoms with Gasteiger partial charge in [-0.15, -0.1) is 6.58 Å². The van der Waals surface area contributed by atoms with Crippen molar-refractivity contribution in [3.8, 4) is 11.4 Å². The van der Waals surface area contributed by atoms with E-state index in [1.807, 2.05) is 28.8 Å². The van der Waals surface area contributed by atoms with Gasteiger partial charge in [0.2, 0.25) is 10.0 Å². The third-order valence-electron chi connectivity index (χ3n) is 4.47. The summed E-state index contributed by atoms with van der Waals surface area (Å²) in [7, 11) is -3.14. The van der Waals surface area contributed by atoms with Crippen LogP contribution in [0.2, 0.25) is 5.02 Å². The lowest BCUT2D eigenvalue weighted by atomic mass is 10.2. The van der Waals surface area contributed by atoms with Crippen molar-refractivity contribution in [3.05, 3.63) is 46.7 Å². The van der Waals surface area contributed by atoms with E-state index in [1.54, 1.807) is 10.8 Å². The summed E-state index contributed by atoms with van der Waals surface area (Å²) in [5, 5.41) is 5.36. The van der Waals surface area contributed by atoms with Crippen LogP contribution in [0.3, 0.4) is 0 Å². The van der Waals surface area contributed by atoms with Crippen LogP contribution in [0.5, 0.6) is 0 Å². The number of nitrogens with zero attached hydrogens (tertiary/aromatic N) is 5. The second kappa shape index (κ2) is 8.24. The molecule has 0 aliphatic carbocycles. The van der Waals surface area contributed by atoms with Gasteiger partial charge < -0.3 is 0 Å². The Hall–Kier alpha value is -1.52. The van der Waals surface area contributed by atoms with Gasteiger partial charge in [0.25, 0.3) is 0 Å². The van der Waals surface area contributed by atoms with Gasteiger partial charge in [0.15, 0.2) is 10.6 Å².